The Hall–Kier alpha value is -7.94. The molecule has 0 N–H and O–H groups in total. The molecule has 10 aromatic carbocycles. The van der Waals surface area contributed by atoms with E-state index in [2.05, 4.69) is 235 Å². The molecule has 0 aliphatic heterocycles. The Morgan fingerprint density at radius 1 is 0.344 bits per heavy atom. The van der Waals surface area contributed by atoms with Crippen LogP contribution in [0.25, 0.3) is 66.1 Å². The van der Waals surface area contributed by atoms with Gasteiger partial charge < -0.3 is 9.32 Å². The van der Waals surface area contributed by atoms with Gasteiger partial charge >= 0.3 is 0 Å². The Labute approximate surface area is 355 Å². The van der Waals surface area contributed by atoms with E-state index in [4.69, 9.17) is 4.42 Å². The van der Waals surface area contributed by atoms with Gasteiger partial charge in [0.1, 0.15) is 11.2 Å². The first-order valence-corrected chi connectivity index (χ1v) is 21.0. The first-order valence-electron chi connectivity index (χ1n) is 21.0. The van der Waals surface area contributed by atoms with Crippen molar-refractivity contribution in [1.29, 1.82) is 0 Å². The number of hydrogen-bond acceptors (Lipinski definition) is 2. The molecule has 1 aromatic heterocycles. The van der Waals surface area contributed by atoms with Crippen molar-refractivity contribution in [1.82, 2.24) is 0 Å². The van der Waals surface area contributed by atoms with Gasteiger partial charge in [0.25, 0.3) is 0 Å². The number of rotatable bonds is 7. The highest BCUT2D eigenvalue weighted by Crippen LogP contribution is 2.57. The van der Waals surface area contributed by atoms with Crippen molar-refractivity contribution in [3.8, 4) is 33.4 Å². The van der Waals surface area contributed by atoms with E-state index in [0.29, 0.717) is 0 Å². The van der Waals surface area contributed by atoms with Gasteiger partial charge in [0.05, 0.1) is 11.1 Å². The van der Waals surface area contributed by atoms with Crippen LogP contribution in [0.2, 0.25) is 0 Å². The zero-order valence-electron chi connectivity index (χ0n) is 33.4. The van der Waals surface area contributed by atoms with E-state index in [1.54, 1.807) is 0 Å². The molecule has 286 valence electrons. The highest BCUT2D eigenvalue weighted by atomic mass is 16.3. The molecule has 0 atom stereocenters. The lowest BCUT2D eigenvalue weighted by Gasteiger charge is -2.35. The number of nitrogens with zero attached hydrogens (tertiary/aromatic N) is 1. The van der Waals surface area contributed by atoms with Crippen LogP contribution < -0.4 is 4.90 Å². The van der Waals surface area contributed by atoms with E-state index in [-0.39, 0.29) is 0 Å². The van der Waals surface area contributed by atoms with Crippen molar-refractivity contribution >= 4 is 49.8 Å². The first kappa shape index (κ1) is 35.0. The summed E-state index contributed by atoms with van der Waals surface area (Å²) in [5, 5.41) is 4.71. The maximum absolute atomic E-state index is 6.44. The summed E-state index contributed by atoms with van der Waals surface area (Å²) in [5.41, 5.74) is 16.7. The SMILES string of the molecule is c1ccc(C2(c3ccccc3)c3ccccc3-c3ccc(N(c4ccc(-c5ccc6ccccc6c5)cc4)c4ccccc4-c4cccc5oc6ccccc6c45)cc32)cc1. The molecule has 0 bridgehead atoms. The molecule has 12 rings (SSSR count). The standard InChI is InChI=1S/C59H39NO/c1-3-18-44(19-4-1)59(45-20-5-2-6-21-45)53-26-12-9-22-48(53)49-37-36-47(39-54(49)59)60(46-34-32-41(33-35-46)43-31-30-40-16-7-8-17-42(40)38-43)55-27-13-10-23-50(55)51-25-15-29-57-58(51)52-24-11-14-28-56(52)61-57/h1-39H. The van der Waals surface area contributed by atoms with Crippen LogP contribution in [0, 0.1) is 0 Å². The molecular formula is C59H39NO. The van der Waals surface area contributed by atoms with E-state index >= 15 is 0 Å². The number of benzene rings is 10. The Balaban J connectivity index is 1.11. The molecule has 0 amide bonds. The summed E-state index contributed by atoms with van der Waals surface area (Å²) in [6.45, 7) is 0. The molecule has 1 heterocycles. The van der Waals surface area contributed by atoms with Crippen molar-refractivity contribution in [3.05, 3.63) is 259 Å². The maximum Gasteiger partial charge on any atom is 0.136 e. The number of anilines is 3. The van der Waals surface area contributed by atoms with Gasteiger partial charge in [0.2, 0.25) is 0 Å². The van der Waals surface area contributed by atoms with Crippen LogP contribution in [0.1, 0.15) is 22.3 Å². The van der Waals surface area contributed by atoms with E-state index < -0.39 is 5.41 Å². The van der Waals surface area contributed by atoms with Gasteiger partial charge in [0, 0.05) is 27.7 Å². The van der Waals surface area contributed by atoms with Crippen molar-refractivity contribution in [3.63, 3.8) is 0 Å². The predicted molar refractivity (Wildman–Crippen MR) is 254 cm³/mol. The second-order valence-corrected chi connectivity index (χ2v) is 16.0. The number of fused-ring (bicyclic) bond motifs is 7. The lowest BCUT2D eigenvalue weighted by atomic mass is 9.67. The Morgan fingerprint density at radius 3 is 1.74 bits per heavy atom. The summed E-state index contributed by atoms with van der Waals surface area (Å²) in [6, 6.07) is 86.1. The van der Waals surface area contributed by atoms with Crippen LogP contribution in [-0.2, 0) is 5.41 Å². The van der Waals surface area contributed by atoms with Crippen LogP contribution in [0.5, 0.6) is 0 Å². The third kappa shape index (κ3) is 5.50. The fourth-order valence-electron chi connectivity index (χ4n) is 10.1. The third-order valence-electron chi connectivity index (χ3n) is 12.7. The zero-order chi connectivity index (χ0) is 40.3. The largest absolute Gasteiger partial charge is 0.456 e. The second-order valence-electron chi connectivity index (χ2n) is 16.0. The van der Waals surface area contributed by atoms with Crippen LogP contribution in [0.4, 0.5) is 17.1 Å². The molecule has 0 spiro atoms. The van der Waals surface area contributed by atoms with Gasteiger partial charge in [-0.1, -0.05) is 188 Å². The van der Waals surface area contributed by atoms with Gasteiger partial charge in [0.15, 0.2) is 0 Å². The molecule has 1 aliphatic rings. The van der Waals surface area contributed by atoms with Crippen LogP contribution in [-0.4, -0.2) is 0 Å². The molecule has 0 unspecified atom stereocenters. The monoisotopic (exact) mass is 777 g/mol. The van der Waals surface area contributed by atoms with Gasteiger partial charge in [-0.15, -0.1) is 0 Å². The Morgan fingerprint density at radius 2 is 0.934 bits per heavy atom. The quantitative estimate of drug-likeness (QED) is 0.160. The Kier molecular flexibility index (Phi) is 8.11. The molecule has 61 heavy (non-hydrogen) atoms. The summed E-state index contributed by atoms with van der Waals surface area (Å²) in [6.07, 6.45) is 0. The summed E-state index contributed by atoms with van der Waals surface area (Å²) in [4.78, 5) is 2.45. The second kappa shape index (κ2) is 14.1. The smallest absolute Gasteiger partial charge is 0.136 e. The molecule has 11 aromatic rings. The molecule has 0 fully saturated rings. The zero-order valence-corrected chi connectivity index (χ0v) is 33.4. The van der Waals surface area contributed by atoms with Crippen LogP contribution >= 0.6 is 0 Å². The van der Waals surface area contributed by atoms with E-state index in [1.807, 2.05) is 6.07 Å². The minimum Gasteiger partial charge on any atom is -0.456 e. The van der Waals surface area contributed by atoms with Gasteiger partial charge in [-0.3, -0.25) is 0 Å². The molecule has 2 heteroatoms. The number of hydrogen-bond donors (Lipinski definition) is 0. The molecule has 2 nitrogen and oxygen atoms in total. The van der Waals surface area contributed by atoms with Gasteiger partial charge in [-0.25, -0.2) is 0 Å². The molecular weight excluding hydrogens is 739 g/mol. The molecule has 1 aliphatic carbocycles. The summed E-state index contributed by atoms with van der Waals surface area (Å²) >= 11 is 0. The fraction of sp³-hybridized carbons (Fsp3) is 0.0169. The van der Waals surface area contributed by atoms with E-state index in [9.17, 15) is 0 Å². The van der Waals surface area contributed by atoms with Gasteiger partial charge in [-0.05, 0) is 109 Å². The maximum atomic E-state index is 6.44. The fourth-order valence-corrected chi connectivity index (χ4v) is 10.1. The Bertz CT molecular complexity index is 3380. The summed E-state index contributed by atoms with van der Waals surface area (Å²) < 4.78 is 6.44. The normalized spacial score (nSPS) is 12.7. The van der Waals surface area contributed by atoms with Gasteiger partial charge in [-0.2, -0.15) is 0 Å². The van der Waals surface area contributed by atoms with Crippen molar-refractivity contribution in [2.75, 3.05) is 4.90 Å². The average Bonchev–Trinajstić information content (AvgIpc) is 3.86. The number of para-hydroxylation sites is 2. The summed E-state index contributed by atoms with van der Waals surface area (Å²) in [5.74, 6) is 0. The molecule has 0 saturated heterocycles. The summed E-state index contributed by atoms with van der Waals surface area (Å²) in [7, 11) is 0. The predicted octanol–water partition coefficient (Wildman–Crippen LogP) is 15.9. The van der Waals surface area contributed by atoms with Crippen LogP contribution in [0.3, 0.4) is 0 Å². The molecule has 0 saturated carbocycles. The molecule has 0 radical (unpaired) electrons. The van der Waals surface area contributed by atoms with E-state index in [0.717, 1.165) is 50.1 Å². The van der Waals surface area contributed by atoms with Crippen LogP contribution in [0.15, 0.2) is 241 Å². The van der Waals surface area contributed by atoms with E-state index in [1.165, 1.54) is 55.3 Å². The highest BCUT2D eigenvalue weighted by Gasteiger charge is 2.46. The highest BCUT2D eigenvalue weighted by molar-refractivity contribution is 6.14. The minimum absolute atomic E-state index is 0.531. The lowest BCUT2D eigenvalue weighted by Crippen LogP contribution is -2.28. The topological polar surface area (TPSA) is 16.4 Å². The minimum atomic E-state index is -0.531. The first-order chi connectivity index (χ1) is 30.3. The lowest BCUT2D eigenvalue weighted by molar-refractivity contribution is 0.669. The van der Waals surface area contributed by atoms with Crippen molar-refractivity contribution < 1.29 is 4.42 Å². The third-order valence-corrected chi connectivity index (χ3v) is 12.7. The average molecular weight is 778 g/mol. The van der Waals surface area contributed by atoms with Crippen molar-refractivity contribution in [2.45, 2.75) is 5.41 Å². The van der Waals surface area contributed by atoms with Crippen molar-refractivity contribution in [2.24, 2.45) is 0 Å². The number of furan rings is 1.